The van der Waals surface area contributed by atoms with Crippen molar-refractivity contribution < 1.29 is 22.7 Å². The quantitative estimate of drug-likeness (QED) is 0.682. The minimum atomic E-state index is -3.48. The standard InChI is InChI=1S/C23H28N2O5S/c1-3-30-21-11-8-18(16-22(21)29-2)23(26)25-14-6-7-17-15-19(9-10-20(17)25)31(27,28)24-12-4-5-13-24/h8-11,15-16H,3-7,12-14H2,1-2H3. The number of carbonyl (C=O) groups excluding carboxylic acids is 1. The summed E-state index contributed by atoms with van der Waals surface area (Å²) in [4.78, 5) is 15.3. The Hall–Kier alpha value is -2.58. The van der Waals surface area contributed by atoms with E-state index in [4.69, 9.17) is 9.47 Å². The first-order valence-electron chi connectivity index (χ1n) is 10.7. The maximum absolute atomic E-state index is 13.3. The molecule has 1 saturated heterocycles. The molecule has 1 amide bonds. The van der Waals surface area contributed by atoms with E-state index in [1.165, 1.54) is 0 Å². The van der Waals surface area contributed by atoms with Gasteiger partial charge in [-0.15, -0.1) is 0 Å². The highest BCUT2D eigenvalue weighted by Crippen LogP contribution is 2.34. The van der Waals surface area contributed by atoms with Crippen LogP contribution in [0.2, 0.25) is 0 Å². The number of ether oxygens (including phenoxy) is 2. The van der Waals surface area contributed by atoms with E-state index in [0.29, 0.717) is 48.2 Å². The lowest BCUT2D eigenvalue weighted by molar-refractivity contribution is 0.0984. The van der Waals surface area contributed by atoms with E-state index in [1.807, 2.05) is 6.92 Å². The van der Waals surface area contributed by atoms with Crippen LogP contribution in [0.5, 0.6) is 11.5 Å². The summed E-state index contributed by atoms with van der Waals surface area (Å²) in [6.07, 6.45) is 3.32. The van der Waals surface area contributed by atoms with Crippen molar-refractivity contribution in [3.05, 3.63) is 47.5 Å². The van der Waals surface area contributed by atoms with E-state index in [2.05, 4.69) is 0 Å². The molecule has 0 spiro atoms. The topological polar surface area (TPSA) is 76.2 Å². The zero-order valence-corrected chi connectivity index (χ0v) is 18.8. The van der Waals surface area contributed by atoms with Crippen molar-refractivity contribution >= 4 is 21.6 Å². The highest BCUT2D eigenvalue weighted by atomic mass is 32.2. The molecule has 31 heavy (non-hydrogen) atoms. The normalized spacial score (nSPS) is 16.8. The molecule has 8 heteroatoms. The van der Waals surface area contributed by atoms with Gasteiger partial charge in [-0.1, -0.05) is 0 Å². The smallest absolute Gasteiger partial charge is 0.258 e. The lowest BCUT2D eigenvalue weighted by Crippen LogP contribution is -2.35. The first-order chi connectivity index (χ1) is 15.0. The van der Waals surface area contributed by atoms with Crippen molar-refractivity contribution in [1.29, 1.82) is 0 Å². The fourth-order valence-corrected chi connectivity index (χ4v) is 5.82. The predicted molar refractivity (Wildman–Crippen MR) is 119 cm³/mol. The predicted octanol–water partition coefficient (Wildman–Crippen LogP) is 3.47. The fourth-order valence-electron chi connectivity index (χ4n) is 4.25. The minimum absolute atomic E-state index is 0.141. The molecule has 0 aromatic heterocycles. The summed E-state index contributed by atoms with van der Waals surface area (Å²) in [6.45, 7) is 4.12. The Kier molecular flexibility index (Phi) is 6.20. The Labute approximate surface area is 183 Å². The number of benzene rings is 2. The summed E-state index contributed by atoms with van der Waals surface area (Å²) in [7, 11) is -1.94. The molecule has 2 aliphatic rings. The summed E-state index contributed by atoms with van der Waals surface area (Å²) in [5.74, 6) is 0.965. The van der Waals surface area contributed by atoms with E-state index in [0.717, 1.165) is 36.9 Å². The Balaban J connectivity index is 1.63. The number of amides is 1. The molecule has 0 N–H and O–H groups in total. The van der Waals surface area contributed by atoms with Crippen LogP contribution in [0.25, 0.3) is 0 Å². The van der Waals surface area contributed by atoms with Crippen LogP contribution in [-0.4, -0.2) is 52.0 Å². The van der Waals surface area contributed by atoms with E-state index < -0.39 is 10.0 Å². The number of rotatable bonds is 6. The highest BCUT2D eigenvalue weighted by Gasteiger charge is 2.30. The van der Waals surface area contributed by atoms with Gasteiger partial charge >= 0.3 is 0 Å². The lowest BCUT2D eigenvalue weighted by atomic mass is 10.0. The zero-order chi connectivity index (χ0) is 22.0. The van der Waals surface area contributed by atoms with Crippen molar-refractivity contribution in [1.82, 2.24) is 4.31 Å². The molecule has 0 bridgehead atoms. The van der Waals surface area contributed by atoms with Crippen LogP contribution < -0.4 is 14.4 Å². The molecular weight excluding hydrogens is 416 g/mol. The molecule has 7 nitrogen and oxygen atoms in total. The summed E-state index contributed by atoms with van der Waals surface area (Å²) in [6, 6.07) is 10.3. The number of anilines is 1. The molecule has 0 radical (unpaired) electrons. The van der Waals surface area contributed by atoms with Gasteiger partial charge in [0.25, 0.3) is 5.91 Å². The Morgan fingerprint density at radius 3 is 2.48 bits per heavy atom. The number of nitrogens with zero attached hydrogens (tertiary/aromatic N) is 2. The molecule has 0 unspecified atom stereocenters. The van der Waals surface area contributed by atoms with E-state index in [9.17, 15) is 13.2 Å². The maximum atomic E-state index is 13.3. The minimum Gasteiger partial charge on any atom is -0.493 e. The van der Waals surface area contributed by atoms with Gasteiger partial charge in [0.2, 0.25) is 10.0 Å². The number of fused-ring (bicyclic) bond motifs is 1. The van der Waals surface area contributed by atoms with Gasteiger partial charge in [-0.25, -0.2) is 8.42 Å². The molecule has 0 atom stereocenters. The van der Waals surface area contributed by atoms with Gasteiger partial charge in [-0.05, 0) is 74.6 Å². The number of methoxy groups -OCH3 is 1. The van der Waals surface area contributed by atoms with Crippen molar-refractivity contribution in [2.24, 2.45) is 0 Å². The van der Waals surface area contributed by atoms with Gasteiger partial charge in [0.05, 0.1) is 18.6 Å². The average molecular weight is 445 g/mol. The van der Waals surface area contributed by atoms with Crippen molar-refractivity contribution in [2.75, 3.05) is 38.3 Å². The van der Waals surface area contributed by atoms with Crippen LogP contribution in [0.1, 0.15) is 42.1 Å². The second-order valence-corrected chi connectivity index (χ2v) is 9.70. The Morgan fingerprint density at radius 2 is 1.77 bits per heavy atom. The van der Waals surface area contributed by atoms with Crippen molar-refractivity contribution in [3.63, 3.8) is 0 Å². The molecule has 2 aliphatic heterocycles. The number of hydrogen-bond acceptors (Lipinski definition) is 5. The molecule has 1 fully saturated rings. The van der Waals surface area contributed by atoms with E-state index in [-0.39, 0.29) is 5.91 Å². The first kappa shape index (κ1) is 21.6. The third kappa shape index (κ3) is 4.14. The number of hydrogen-bond donors (Lipinski definition) is 0. The summed E-state index contributed by atoms with van der Waals surface area (Å²) < 4.78 is 38.3. The van der Waals surface area contributed by atoms with Crippen LogP contribution in [0.15, 0.2) is 41.3 Å². The molecule has 166 valence electrons. The van der Waals surface area contributed by atoms with Crippen molar-refractivity contribution in [2.45, 2.75) is 37.5 Å². The van der Waals surface area contributed by atoms with Crippen LogP contribution in [0, 0.1) is 0 Å². The van der Waals surface area contributed by atoms with Crippen molar-refractivity contribution in [3.8, 4) is 11.5 Å². The second kappa shape index (κ2) is 8.88. The van der Waals surface area contributed by atoms with Crippen LogP contribution in [0.4, 0.5) is 5.69 Å². The summed E-state index contributed by atoms with van der Waals surface area (Å²) >= 11 is 0. The number of carbonyl (C=O) groups is 1. The second-order valence-electron chi connectivity index (χ2n) is 7.76. The van der Waals surface area contributed by atoms with Gasteiger partial charge in [0, 0.05) is 30.9 Å². The third-order valence-corrected chi connectivity index (χ3v) is 7.72. The number of aryl methyl sites for hydroxylation is 1. The monoisotopic (exact) mass is 444 g/mol. The maximum Gasteiger partial charge on any atom is 0.258 e. The van der Waals surface area contributed by atoms with Gasteiger partial charge in [-0.3, -0.25) is 4.79 Å². The highest BCUT2D eigenvalue weighted by molar-refractivity contribution is 7.89. The van der Waals surface area contributed by atoms with Crippen LogP contribution in [0.3, 0.4) is 0 Å². The van der Waals surface area contributed by atoms with Gasteiger partial charge in [-0.2, -0.15) is 4.31 Å². The zero-order valence-electron chi connectivity index (χ0n) is 18.0. The molecule has 2 heterocycles. The molecule has 2 aromatic rings. The fraction of sp³-hybridized carbons (Fsp3) is 0.435. The lowest BCUT2D eigenvalue weighted by Gasteiger charge is -2.30. The molecular formula is C23H28N2O5S. The summed E-state index contributed by atoms with van der Waals surface area (Å²) in [5, 5.41) is 0. The van der Waals surface area contributed by atoms with Gasteiger partial charge in [0.15, 0.2) is 11.5 Å². The largest absolute Gasteiger partial charge is 0.493 e. The average Bonchev–Trinajstić information content (AvgIpc) is 3.34. The van der Waals surface area contributed by atoms with E-state index >= 15 is 0 Å². The molecule has 0 saturated carbocycles. The van der Waals surface area contributed by atoms with E-state index in [1.54, 1.807) is 52.7 Å². The van der Waals surface area contributed by atoms with Crippen LogP contribution >= 0.6 is 0 Å². The molecule has 2 aromatic carbocycles. The molecule has 0 aliphatic carbocycles. The number of sulfonamides is 1. The first-order valence-corrected chi connectivity index (χ1v) is 12.2. The molecule has 4 rings (SSSR count). The van der Waals surface area contributed by atoms with Gasteiger partial charge in [0.1, 0.15) is 0 Å². The van der Waals surface area contributed by atoms with Gasteiger partial charge < -0.3 is 14.4 Å². The summed E-state index contributed by atoms with van der Waals surface area (Å²) in [5.41, 5.74) is 2.16. The van der Waals surface area contributed by atoms with Crippen LogP contribution in [-0.2, 0) is 16.4 Å². The Bertz CT molecular complexity index is 1080. The Morgan fingerprint density at radius 1 is 1.00 bits per heavy atom. The SMILES string of the molecule is CCOc1ccc(C(=O)N2CCCc3cc(S(=O)(=O)N4CCCC4)ccc32)cc1OC. The third-order valence-electron chi connectivity index (χ3n) is 5.83.